The molecule has 4 rings (SSSR count). The number of furan rings is 1. The van der Waals surface area contributed by atoms with Gasteiger partial charge in [0, 0.05) is 11.3 Å². The van der Waals surface area contributed by atoms with Crippen LogP contribution in [0.15, 0.2) is 70.2 Å². The number of hydrogen-bond donors (Lipinski definition) is 1. The molecule has 0 fully saturated rings. The molecule has 0 spiro atoms. The molecular formula is C21H19ClFN5OS. The third kappa shape index (κ3) is 5.08. The number of nitrogens with zero attached hydrogens (tertiary/aromatic N) is 4. The average molecular weight is 444 g/mol. The minimum absolute atomic E-state index is 0.0828. The van der Waals surface area contributed by atoms with Crippen LogP contribution in [-0.4, -0.2) is 32.5 Å². The van der Waals surface area contributed by atoms with Gasteiger partial charge in [-0.15, -0.1) is 5.10 Å². The number of thioether (sulfide) groups is 1. The molecule has 0 bridgehead atoms. The maximum absolute atomic E-state index is 13.3. The van der Waals surface area contributed by atoms with E-state index in [4.69, 9.17) is 16.0 Å². The molecule has 154 valence electrons. The Kier molecular flexibility index (Phi) is 6.78. The lowest BCUT2D eigenvalue weighted by Gasteiger charge is -2.05. The van der Waals surface area contributed by atoms with Crippen LogP contribution in [0.5, 0.6) is 0 Å². The van der Waals surface area contributed by atoms with Crippen molar-refractivity contribution in [2.75, 3.05) is 12.3 Å². The maximum Gasteiger partial charge on any atom is 0.214 e. The van der Waals surface area contributed by atoms with Crippen molar-refractivity contribution in [1.82, 2.24) is 25.5 Å². The van der Waals surface area contributed by atoms with Crippen molar-refractivity contribution < 1.29 is 8.81 Å². The third-order valence-corrected chi connectivity index (χ3v) is 5.63. The summed E-state index contributed by atoms with van der Waals surface area (Å²) in [7, 11) is 0. The Balaban J connectivity index is 1.21. The summed E-state index contributed by atoms with van der Waals surface area (Å²) in [5, 5.41) is 16.1. The van der Waals surface area contributed by atoms with Crippen molar-refractivity contribution in [3.05, 3.63) is 77.3 Å². The van der Waals surface area contributed by atoms with Crippen LogP contribution < -0.4 is 5.32 Å². The normalized spacial score (nSPS) is 11.1. The predicted octanol–water partition coefficient (Wildman–Crippen LogP) is 4.99. The van der Waals surface area contributed by atoms with E-state index in [9.17, 15) is 4.39 Å². The highest BCUT2D eigenvalue weighted by atomic mass is 35.5. The molecule has 1 N–H and O–H groups in total. The van der Waals surface area contributed by atoms with Gasteiger partial charge >= 0.3 is 0 Å². The monoisotopic (exact) mass is 443 g/mol. The van der Waals surface area contributed by atoms with Gasteiger partial charge in [-0.1, -0.05) is 41.6 Å². The van der Waals surface area contributed by atoms with Gasteiger partial charge in [-0.2, -0.15) is 4.68 Å². The molecule has 30 heavy (non-hydrogen) atoms. The van der Waals surface area contributed by atoms with Crippen LogP contribution in [0.2, 0.25) is 5.02 Å². The third-order valence-electron chi connectivity index (χ3n) is 4.34. The van der Waals surface area contributed by atoms with Gasteiger partial charge < -0.3 is 9.73 Å². The number of tetrazole rings is 1. The van der Waals surface area contributed by atoms with Crippen molar-refractivity contribution in [3.8, 4) is 17.0 Å². The Bertz CT molecular complexity index is 1100. The number of nitrogens with one attached hydrogen (secondary N) is 1. The van der Waals surface area contributed by atoms with Crippen LogP contribution in [-0.2, 0) is 6.54 Å². The summed E-state index contributed by atoms with van der Waals surface area (Å²) in [5.74, 6) is 1.92. The van der Waals surface area contributed by atoms with Gasteiger partial charge in [-0.25, -0.2) is 4.39 Å². The number of hydrogen-bond acceptors (Lipinski definition) is 6. The van der Waals surface area contributed by atoms with Gasteiger partial charge in [0.25, 0.3) is 0 Å². The summed E-state index contributed by atoms with van der Waals surface area (Å²) in [6, 6.07) is 18.1. The zero-order valence-corrected chi connectivity index (χ0v) is 17.5. The number of halogens is 2. The van der Waals surface area contributed by atoms with Crippen molar-refractivity contribution in [1.29, 1.82) is 0 Å². The molecule has 0 atom stereocenters. The fourth-order valence-corrected chi connectivity index (χ4v) is 3.86. The Morgan fingerprint density at radius 3 is 2.80 bits per heavy atom. The van der Waals surface area contributed by atoms with Gasteiger partial charge in [0.15, 0.2) is 0 Å². The van der Waals surface area contributed by atoms with Crippen molar-refractivity contribution in [2.24, 2.45) is 0 Å². The molecule has 0 saturated carbocycles. The van der Waals surface area contributed by atoms with Crippen molar-refractivity contribution in [2.45, 2.75) is 18.1 Å². The number of rotatable bonds is 9. The molecule has 4 aromatic rings. The summed E-state index contributed by atoms with van der Waals surface area (Å²) < 4.78 is 20.9. The van der Waals surface area contributed by atoms with E-state index in [0.29, 0.717) is 12.3 Å². The molecule has 0 amide bonds. The molecule has 2 heterocycles. The Morgan fingerprint density at radius 1 is 1.10 bits per heavy atom. The lowest BCUT2D eigenvalue weighted by Crippen LogP contribution is -2.14. The first-order chi connectivity index (χ1) is 14.7. The van der Waals surface area contributed by atoms with E-state index < -0.39 is 5.82 Å². The van der Waals surface area contributed by atoms with E-state index in [1.165, 1.54) is 6.07 Å². The zero-order valence-electron chi connectivity index (χ0n) is 16.0. The molecule has 9 heteroatoms. The fourth-order valence-electron chi connectivity index (χ4n) is 2.85. The van der Waals surface area contributed by atoms with Gasteiger partial charge in [-0.05, 0) is 65.9 Å². The van der Waals surface area contributed by atoms with Crippen LogP contribution in [0.25, 0.3) is 17.0 Å². The van der Waals surface area contributed by atoms with Crippen molar-refractivity contribution in [3.63, 3.8) is 0 Å². The van der Waals surface area contributed by atoms with Gasteiger partial charge in [0.05, 0.1) is 17.3 Å². The summed E-state index contributed by atoms with van der Waals surface area (Å²) in [5.41, 5.74) is 1.69. The molecular weight excluding hydrogens is 425 g/mol. The largest absolute Gasteiger partial charge is 0.460 e. The lowest BCUT2D eigenvalue weighted by molar-refractivity contribution is 0.494. The summed E-state index contributed by atoms with van der Waals surface area (Å²) in [4.78, 5) is 0. The zero-order chi connectivity index (χ0) is 20.8. The van der Waals surface area contributed by atoms with Crippen LogP contribution >= 0.6 is 23.4 Å². The SMILES string of the molecule is Fc1ccc(-c2ccc(CNCCCSc3nnnn3-c3ccccc3)o2)cc1Cl. The smallest absolute Gasteiger partial charge is 0.214 e. The first kappa shape index (κ1) is 20.6. The lowest BCUT2D eigenvalue weighted by atomic mass is 10.2. The van der Waals surface area contributed by atoms with Crippen LogP contribution in [0.1, 0.15) is 12.2 Å². The van der Waals surface area contributed by atoms with Crippen LogP contribution in [0.4, 0.5) is 4.39 Å². The minimum atomic E-state index is -0.440. The van der Waals surface area contributed by atoms with Crippen molar-refractivity contribution >= 4 is 23.4 Å². The van der Waals surface area contributed by atoms with Gasteiger partial charge in [0.2, 0.25) is 5.16 Å². The molecule has 0 aliphatic carbocycles. The van der Waals surface area contributed by atoms with Crippen LogP contribution in [0, 0.1) is 5.82 Å². The topological polar surface area (TPSA) is 68.8 Å². The van der Waals surface area contributed by atoms with E-state index in [2.05, 4.69) is 20.8 Å². The Labute approximate surface area is 182 Å². The van der Waals surface area contributed by atoms with E-state index in [1.807, 2.05) is 42.5 Å². The molecule has 0 radical (unpaired) electrons. The Hall–Kier alpha value is -2.68. The fraction of sp³-hybridized carbons (Fsp3) is 0.190. The minimum Gasteiger partial charge on any atom is -0.460 e. The first-order valence-corrected chi connectivity index (χ1v) is 10.8. The second-order valence-corrected chi connectivity index (χ2v) is 7.95. The highest BCUT2D eigenvalue weighted by Gasteiger charge is 2.09. The molecule has 2 aromatic heterocycles. The van der Waals surface area contributed by atoms with E-state index in [0.717, 1.165) is 40.9 Å². The second-order valence-electron chi connectivity index (χ2n) is 6.48. The molecule has 2 aromatic carbocycles. The van der Waals surface area contributed by atoms with E-state index in [-0.39, 0.29) is 5.02 Å². The molecule has 0 saturated heterocycles. The summed E-state index contributed by atoms with van der Waals surface area (Å²) in [6.45, 7) is 1.44. The van der Waals surface area contributed by atoms with Gasteiger partial charge in [-0.3, -0.25) is 0 Å². The number of aromatic nitrogens is 4. The highest BCUT2D eigenvalue weighted by Crippen LogP contribution is 2.26. The number of para-hydroxylation sites is 1. The molecule has 0 aliphatic heterocycles. The van der Waals surface area contributed by atoms with Gasteiger partial charge in [0.1, 0.15) is 17.3 Å². The highest BCUT2D eigenvalue weighted by molar-refractivity contribution is 7.99. The van der Waals surface area contributed by atoms with E-state index >= 15 is 0 Å². The quantitative estimate of drug-likeness (QED) is 0.290. The van der Waals surface area contributed by atoms with Crippen LogP contribution in [0.3, 0.4) is 0 Å². The molecule has 0 unspecified atom stereocenters. The standard InChI is InChI=1S/C21H19ClFN5OS/c22-18-13-15(7-9-19(18)23)20-10-8-17(29-20)14-24-11-4-12-30-21-25-26-27-28(21)16-5-2-1-3-6-16/h1-3,5-10,13,24H,4,11-12,14H2. The first-order valence-electron chi connectivity index (χ1n) is 9.42. The maximum atomic E-state index is 13.3. The molecule has 0 aliphatic rings. The van der Waals surface area contributed by atoms with E-state index in [1.54, 1.807) is 28.6 Å². The second kappa shape index (κ2) is 9.88. The predicted molar refractivity (Wildman–Crippen MR) is 115 cm³/mol. The number of benzene rings is 2. The molecule has 6 nitrogen and oxygen atoms in total. The summed E-state index contributed by atoms with van der Waals surface area (Å²) in [6.07, 6.45) is 0.952. The average Bonchev–Trinajstić information content (AvgIpc) is 3.43. The summed E-state index contributed by atoms with van der Waals surface area (Å²) >= 11 is 7.46. The Morgan fingerprint density at radius 2 is 1.97 bits per heavy atom.